The van der Waals surface area contributed by atoms with Crippen LogP contribution < -0.4 is 15.0 Å². The molecule has 1 spiro atoms. The van der Waals surface area contributed by atoms with Crippen molar-refractivity contribution in [3.8, 4) is 6.01 Å². The van der Waals surface area contributed by atoms with Gasteiger partial charge in [0.25, 0.3) is 0 Å². The number of nitrogens with zero attached hydrogens (tertiary/aromatic N) is 6. The largest absolute Gasteiger partial charge is 0.461 e. The van der Waals surface area contributed by atoms with Crippen molar-refractivity contribution in [1.82, 2.24) is 24.8 Å². The number of nitrogens with two attached hydrogens (primary N) is 1. The summed E-state index contributed by atoms with van der Waals surface area (Å²) in [5.41, 5.74) is 6.89. The van der Waals surface area contributed by atoms with Crippen LogP contribution in [-0.2, 0) is 24.9 Å². The van der Waals surface area contributed by atoms with Gasteiger partial charge in [0, 0.05) is 56.7 Å². The molecule has 3 N–H and O–H groups in total. The van der Waals surface area contributed by atoms with E-state index in [0.717, 1.165) is 88.3 Å². The molecule has 0 saturated carbocycles. The SMILES string of the molecule is CN1Cc2c(nc(OC[C@@]34CCCN3C[C@H](F)C4)nc2N2CCC[NH2+]/C(=C\C(=N)c3ccccn3)C2)C[C@]12CCCc1ccccc12. The Hall–Kier alpha value is -3.73. The zero-order chi connectivity index (χ0) is 32.0. The third kappa shape index (κ3) is 5.64. The Morgan fingerprint density at radius 1 is 1.09 bits per heavy atom. The molecule has 3 fully saturated rings. The molecule has 1 aromatic carbocycles. The fraction of sp³-hybridized carbons (Fsp3) is 0.514. The summed E-state index contributed by atoms with van der Waals surface area (Å²) in [5, 5.41) is 11.0. The second kappa shape index (κ2) is 12.4. The number of aromatic nitrogens is 3. The van der Waals surface area contributed by atoms with Crippen LogP contribution in [0.1, 0.15) is 66.6 Å². The number of fused-ring (bicyclic) bond motifs is 4. The number of quaternary nitrogens is 1. The number of halogens is 1. The van der Waals surface area contributed by atoms with Crippen LogP contribution in [0.3, 0.4) is 0 Å². The number of pyridine rings is 1. The number of anilines is 1. The van der Waals surface area contributed by atoms with E-state index in [-0.39, 0.29) is 11.1 Å². The van der Waals surface area contributed by atoms with E-state index in [1.807, 2.05) is 24.3 Å². The quantitative estimate of drug-likeness (QED) is 0.398. The number of allylic oxidation sites excluding steroid dienone is 1. The number of hydrogen-bond acceptors (Lipinski definition) is 8. The van der Waals surface area contributed by atoms with Gasteiger partial charge in [-0.05, 0) is 69.0 Å². The van der Waals surface area contributed by atoms with E-state index in [4.69, 9.17) is 20.1 Å². The van der Waals surface area contributed by atoms with Crippen LogP contribution in [0.25, 0.3) is 0 Å². The van der Waals surface area contributed by atoms with Crippen molar-refractivity contribution in [1.29, 1.82) is 5.41 Å². The van der Waals surface area contributed by atoms with Gasteiger partial charge in [0.2, 0.25) is 0 Å². The molecule has 0 amide bonds. The zero-order valence-electron chi connectivity index (χ0n) is 27.4. The Labute approximate surface area is 276 Å². The molecule has 5 aliphatic rings. The minimum absolute atomic E-state index is 0.117. The predicted molar refractivity (Wildman–Crippen MR) is 180 cm³/mol. The maximum Gasteiger partial charge on any atom is 0.318 e. The molecule has 6 heterocycles. The van der Waals surface area contributed by atoms with E-state index < -0.39 is 6.17 Å². The first-order chi connectivity index (χ1) is 22.9. The first-order valence-electron chi connectivity index (χ1n) is 17.4. The standard InChI is InChI=1S/C37H45FN8O/c1-44-24-29-33(21-37(44)14-6-10-26-9-2-3-11-30(26)37)42-35(47-25-36-13-7-18-46(36)22-27(38)20-36)43-34(29)45-17-8-16-40-28(23-45)19-31(39)32-12-4-5-15-41-32/h2-5,9,11-12,15,19,27,39-40H,6-8,10,13-14,16-18,20-25H2,1H3/p+1/b28-19-,39-31?/t27-,36+,37+/m1/s1. The highest BCUT2D eigenvalue weighted by atomic mass is 19.1. The molecule has 0 unspecified atom stereocenters. The molecular weight excluding hydrogens is 591 g/mol. The molecule has 3 saturated heterocycles. The van der Waals surface area contributed by atoms with Gasteiger partial charge in [-0.2, -0.15) is 9.97 Å². The Morgan fingerprint density at radius 3 is 2.87 bits per heavy atom. The first-order valence-corrected chi connectivity index (χ1v) is 17.4. The van der Waals surface area contributed by atoms with Gasteiger partial charge in [0.05, 0.1) is 41.3 Å². The Kier molecular flexibility index (Phi) is 8.06. The number of likely N-dealkylation sites (N-methyl/N-ethyl adjacent to an activating group) is 1. The van der Waals surface area contributed by atoms with Crippen molar-refractivity contribution in [3.63, 3.8) is 0 Å². The number of alkyl halides is 1. The van der Waals surface area contributed by atoms with E-state index in [1.165, 1.54) is 16.7 Å². The maximum absolute atomic E-state index is 14.6. The Balaban J connectivity index is 1.16. The van der Waals surface area contributed by atoms with Crippen LogP contribution >= 0.6 is 0 Å². The van der Waals surface area contributed by atoms with Crippen LogP contribution in [0.2, 0.25) is 0 Å². The summed E-state index contributed by atoms with van der Waals surface area (Å²) in [6.07, 6.45) is 10.6. The number of rotatable bonds is 6. The summed E-state index contributed by atoms with van der Waals surface area (Å²) in [5.74, 6) is 0.928. The van der Waals surface area contributed by atoms with E-state index >= 15 is 0 Å². The summed E-state index contributed by atoms with van der Waals surface area (Å²) in [6, 6.07) is 15.0. The van der Waals surface area contributed by atoms with Crippen LogP contribution in [0.5, 0.6) is 6.01 Å². The van der Waals surface area contributed by atoms with Crippen molar-refractivity contribution in [3.05, 3.63) is 88.5 Å². The lowest BCUT2D eigenvalue weighted by Gasteiger charge is -2.49. The van der Waals surface area contributed by atoms with Crippen LogP contribution in [0.4, 0.5) is 10.2 Å². The Morgan fingerprint density at radius 2 is 1.98 bits per heavy atom. The van der Waals surface area contributed by atoms with E-state index in [9.17, 15) is 4.39 Å². The summed E-state index contributed by atoms with van der Waals surface area (Å²) in [4.78, 5) is 21.9. The molecule has 1 aliphatic carbocycles. The van der Waals surface area contributed by atoms with Gasteiger partial charge >= 0.3 is 6.01 Å². The average molecular weight is 638 g/mol. The molecule has 246 valence electrons. The molecule has 8 rings (SSSR count). The number of hydrogen-bond donors (Lipinski definition) is 2. The molecule has 0 radical (unpaired) electrons. The normalized spacial score (nSPS) is 28.6. The molecule has 3 atom stereocenters. The predicted octanol–water partition coefficient (Wildman–Crippen LogP) is 3.77. The maximum atomic E-state index is 14.6. The van der Waals surface area contributed by atoms with E-state index in [1.54, 1.807) is 6.20 Å². The third-order valence-corrected chi connectivity index (χ3v) is 11.4. The van der Waals surface area contributed by atoms with Crippen LogP contribution in [-0.4, -0.2) is 88.6 Å². The highest BCUT2D eigenvalue weighted by Gasteiger charge is 2.50. The van der Waals surface area contributed by atoms with Crippen molar-refractivity contribution >= 4 is 11.5 Å². The van der Waals surface area contributed by atoms with Gasteiger partial charge in [-0.1, -0.05) is 30.3 Å². The molecule has 0 bridgehead atoms. The van der Waals surface area contributed by atoms with Crippen molar-refractivity contribution in [2.75, 3.05) is 51.3 Å². The van der Waals surface area contributed by atoms with Crippen LogP contribution in [0.15, 0.2) is 60.4 Å². The topological polar surface area (TPSA) is 98.1 Å². The minimum Gasteiger partial charge on any atom is -0.461 e. The smallest absolute Gasteiger partial charge is 0.318 e. The molecule has 3 aromatic rings. The van der Waals surface area contributed by atoms with Gasteiger partial charge in [0.1, 0.15) is 24.3 Å². The van der Waals surface area contributed by atoms with Gasteiger partial charge in [-0.3, -0.25) is 20.2 Å². The van der Waals surface area contributed by atoms with Gasteiger partial charge < -0.3 is 15.0 Å². The first kappa shape index (κ1) is 30.6. The summed E-state index contributed by atoms with van der Waals surface area (Å²) in [7, 11) is 2.26. The molecular formula is C37H46FN8O+. The van der Waals surface area contributed by atoms with E-state index in [0.29, 0.717) is 43.5 Å². The molecule has 4 aliphatic heterocycles. The van der Waals surface area contributed by atoms with Crippen molar-refractivity contribution < 1.29 is 14.4 Å². The number of benzene rings is 1. The third-order valence-electron chi connectivity index (χ3n) is 11.4. The highest BCUT2D eigenvalue weighted by molar-refractivity contribution is 6.05. The lowest BCUT2D eigenvalue weighted by molar-refractivity contribution is -0.604. The van der Waals surface area contributed by atoms with Gasteiger partial charge in [-0.25, -0.2) is 4.39 Å². The number of ether oxygens (including phenoxy) is 1. The van der Waals surface area contributed by atoms with Crippen LogP contribution in [0, 0.1) is 5.41 Å². The lowest BCUT2D eigenvalue weighted by Crippen LogP contribution is -2.82. The number of aryl methyl sites for hydroxylation is 1. The second-order valence-electron chi connectivity index (χ2n) is 14.3. The van der Waals surface area contributed by atoms with Crippen molar-refractivity contribution in [2.45, 2.75) is 75.2 Å². The van der Waals surface area contributed by atoms with E-state index in [2.05, 4.69) is 56.3 Å². The highest BCUT2D eigenvalue weighted by Crippen LogP contribution is 2.47. The second-order valence-corrected chi connectivity index (χ2v) is 14.3. The fourth-order valence-electron chi connectivity index (χ4n) is 9.06. The summed E-state index contributed by atoms with van der Waals surface area (Å²) >= 11 is 0. The molecule has 47 heavy (non-hydrogen) atoms. The van der Waals surface area contributed by atoms with Gasteiger partial charge in [-0.15, -0.1) is 0 Å². The summed E-state index contributed by atoms with van der Waals surface area (Å²) < 4.78 is 21.2. The van der Waals surface area contributed by atoms with Gasteiger partial charge in [0.15, 0.2) is 0 Å². The lowest BCUT2D eigenvalue weighted by atomic mass is 9.71. The zero-order valence-corrected chi connectivity index (χ0v) is 27.4. The average Bonchev–Trinajstić information content (AvgIpc) is 3.51. The molecule has 9 nitrogen and oxygen atoms in total. The summed E-state index contributed by atoms with van der Waals surface area (Å²) in [6.45, 7) is 5.05. The molecule has 10 heteroatoms. The van der Waals surface area contributed by atoms with Crippen molar-refractivity contribution in [2.24, 2.45) is 0 Å². The fourth-order valence-corrected chi connectivity index (χ4v) is 9.06. The molecule has 2 aromatic heterocycles. The monoisotopic (exact) mass is 637 g/mol. The minimum atomic E-state index is -0.802. The Bertz CT molecular complexity index is 1680. The number of nitrogens with one attached hydrogen (secondary N) is 1.